The van der Waals surface area contributed by atoms with E-state index in [-0.39, 0.29) is 51.1 Å². The molecule has 0 saturated carbocycles. The minimum absolute atomic E-state index is 0.00518. The van der Waals surface area contributed by atoms with Crippen molar-refractivity contribution in [3.8, 4) is 0 Å². The molecule has 5 N–H and O–H groups in total. The van der Waals surface area contributed by atoms with E-state index in [2.05, 4.69) is 32.3 Å². The topological polar surface area (TPSA) is 166 Å². The minimum Gasteiger partial charge on any atom is -0.469 e. The van der Waals surface area contributed by atoms with Crippen LogP contribution in [0.1, 0.15) is 110 Å². The Kier molecular flexibility index (Phi) is 22.7. The predicted octanol–water partition coefficient (Wildman–Crippen LogP) is 2.64. The number of hydrogen-bond donors (Lipinski definition) is 4. The van der Waals surface area contributed by atoms with Crippen molar-refractivity contribution in [1.29, 1.82) is 0 Å². The minimum atomic E-state index is -1.03. The molecule has 0 aromatic rings. The van der Waals surface area contributed by atoms with Gasteiger partial charge in [0.25, 0.3) is 0 Å². The molecule has 0 aliphatic carbocycles. The van der Waals surface area contributed by atoms with Gasteiger partial charge >= 0.3 is 11.9 Å². The van der Waals surface area contributed by atoms with Crippen molar-refractivity contribution < 1.29 is 33.4 Å². The maximum Gasteiger partial charge on any atom is 0.305 e. The van der Waals surface area contributed by atoms with E-state index in [1.165, 1.54) is 59.2 Å². The summed E-state index contributed by atoms with van der Waals surface area (Å²) in [4.78, 5) is 61.4. The Labute approximate surface area is 234 Å². The number of ether oxygens (including phenoxy) is 2. The lowest BCUT2D eigenvalue weighted by atomic mass is 10.0. The number of rotatable bonds is 24. The number of methoxy groups -OCH3 is 2. The van der Waals surface area contributed by atoms with Gasteiger partial charge in [-0.3, -0.25) is 24.0 Å². The molecule has 0 aliphatic heterocycles. The number of hydrogen-bond acceptors (Lipinski definition) is 8. The van der Waals surface area contributed by atoms with Crippen molar-refractivity contribution in [2.45, 2.75) is 122 Å². The SMILES string of the molecule is CCCCCCCCCCCCCC(=O)NC(CCC(=O)OC)C(=O)NC(CCC(=O)OC)C(=O)NCCN. The van der Waals surface area contributed by atoms with Crippen LogP contribution in [0.4, 0.5) is 0 Å². The summed E-state index contributed by atoms with van der Waals surface area (Å²) in [7, 11) is 2.48. The van der Waals surface area contributed by atoms with Gasteiger partial charge in [-0.15, -0.1) is 0 Å². The molecule has 0 fully saturated rings. The van der Waals surface area contributed by atoms with E-state index in [1.54, 1.807) is 0 Å². The number of unbranched alkanes of at least 4 members (excludes halogenated alkanes) is 10. The first-order valence-corrected chi connectivity index (χ1v) is 14.5. The van der Waals surface area contributed by atoms with Gasteiger partial charge in [0, 0.05) is 32.4 Å². The van der Waals surface area contributed by atoms with Crippen molar-refractivity contribution >= 4 is 29.7 Å². The Balaban J connectivity index is 4.78. The number of carbonyl (C=O) groups is 5. The molecule has 0 bridgehead atoms. The van der Waals surface area contributed by atoms with Gasteiger partial charge < -0.3 is 31.2 Å². The van der Waals surface area contributed by atoms with Crippen molar-refractivity contribution in [1.82, 2.24) is 16.0 Å². The molecule has 0 spiro atoms. The molecule has 0 aliphatic rings. The largest absolute Gasteiger partial charge is 0.469 e. The molecule has 0 aromatic heterocycles. The van der Waals surface area contributed by atoms with E-state index >= 15 is 0 Å². The van der Waals surface area contributed by atoms with Crippen LogP contribution in [0, 0.1) is 0 Å². The number of nitrogens with two attached hydrogens (primary N) is 1. The number of amides is 3. The van der Waals surface area contributed by atoms with Crippen molar-refractivity contribution in [2.24, 2.45) is 5.73 Å². The van der Waals surface area contributed by atoms with Crippen LogP contribution in [0.5, 0.6) is 0 Å². The number of carbonyl (C=O) groups excluding carboxylic acids is 5. The fourth-order valence-electron chi connectivity index (χ4n) is 4.07. The van der Waals surface area contributed by atoms with Gasteiger partial charge in [0.1, 0.15) is 12.1 Å². The fourth-order valence-corrected chi connectivity index (χ4v) is 4.07. The highest BCUT2D eigenvalue weighted by Gasteiger charge is 2.27. The van der Waals surface area contributed by atoms with E-state index in [9.17, 15) is 24.0 Å². The molecular formula is C28H52N4O7. The summed E-state index contributed by atoms with van der Waals surface area (Å²) in [5.41, 5.74) is 5.44. The van der Waals surface area contributed by atoms with Gasteiger partial charge in [0.2, 0.25) is 17.7 Å². The van der Waals surface area contributed by atoms with Gasteiger partial charge in [-0.25, -0.2) is 0 Å². The lowest BCUT2D eigenvalue weighted by Gasteiger charge is -2.23. The molecule has 226 valence electrons. The molecule has 11 heteroatoms. The third-order valence-corrected chi connectivity index (χ3v) is 6.47. The first-order chi connectivity index (χ1) is 18.8. The molecular weight excluding hydrogens is 504 g/mol. The van der Waals surface area contributed by atoms with E-state index in [4.69, 9.17) is 5.73 Å². The second-order valence-electron chi connectivity index (χ2n) is 9.78. The zero-order valence-corrected chi connectivity index (χ0v) is 24.3. The summed E-state index contributed by atoms with van der Waals surface area (Å²) in [6.45, 7) is 2.62. The van der Waals surface area contributed by atoms with Crippen LogP contribution in [0.15, 0.2) is 0 Å². The molecule has 2 atom stereocenters. The van der Waals surface area contributed by atoms with Gasteiger partial charge in [-0.1, -0.05) is 71.1 Å². The van der Waals surface area contributed by atoms with Crippen LogP contribution in [-0.4, -0.2) is 69.1 Å². The highest BCUT2D eigenvalue weighted by molar-refractivity contribution is 5.92. The third kappa shape index (κ3) is 20.0. The second-order valence-corrected chi connectivity index (χ2v) is 9.78. The van der Waals surface area contributed by atoms with Crippen molar-refractivity contribution in [3.63, 3.8) is 0 Å². The highest BCUT2D eigenvalue weighted by Crippen LogP contribution is 2.12. The lowest BCUT2D eigenvalue weighted by Crippen LogP contribution is -2.54. The molecule has 39 heavy (non-hydrogen) atoms. The molecule has 0 saturated heterocycles. The van der Waals surface area contributed by atoms with E-state index in [1.807, 2.05) is 0 Å². The van der Waals surface area contributed by atoms with Crippen LogP contribution >= 0.6 is 0 Å². The molecule has 11 nitrogen and oxygen atoms in total. The van der Waals surface area contributed by atoms with Gasteiger partial charge in [0.15, 0.2) is 0 Å². The first-order valence-electron chi connectivity index (χ1n) is 14.5. The maximum absolute atomic E-state index is 13.0. The first kappa shape index (κ1) is 36.3. The van der Waals surface area contributed by atoms with Crippen LogP contribution in [0.3, 0.4) is 0 Å². The quantitative estimate of drug-likeness (QED) is 0.104. The van der Waals surface area contributed by atoms with Crippen molar-refractivity contribution in [2.75, 3.05) is 27.3 Å². The number of nitrogens with one attached hydrogen (secondary N) is 3. The van der Waals surface area contributed by atoms with Crippen LogP contribution in [0.2, 0.25) is 0 Å². The average Bonchev–Trinajstić information content (AvgIpc) is 2.93. The molecule has 0 heterocycles. The van der Waals surface area contributed by atoms with Gasteiger partial charge in [-0.2, -0.15) is 0 Å². The average molecular weight is 557 g/mol. The third-order valence-electron chi connectivity index (χ3n) is 6.47. The van der Waals surface area contributed by atoms with Crippen molar-refractivity contribution in [3.05, 3.63) is 0 Å². The molecule has 3 amide bonds. The van der Waals surface area contributed by atoms with E-state index in [0.29, 0.717) is 6.42 Å². The summed E-state index contributed by atoms with van der Waals surface area (Å²) in [6, 6.07) is -2.07. The predicted molar refractivity (Wildman–Crippen MR) is 150 cm³/mol. The van der Waals surface area contributed by atoms with E-state index < -0.39 is 35.8 Å². The normalized spacial score (nSPS) is 12.2. The smallest absolute Gasteiger partial charge is 0.305 e. The Morgan fingerprint density at radius 2 is 1.10 bits per heavy atom. The number of esters is 2. The summed E-state index contributed by atoms with van der Waals surface area (Å²) in [5, 5.41) is 7.88. The summed E-state index contributed by atoms with van der Waals surface area (Å²) < 4.78 is 9.28. The Morgan fingerprint density at radius 1 is 0.641 bits per heavy atom. The summed E-state index contributed by atoms with van der Waals surface area (Å²) in [6.07, 6.45) is 12.9. The Bertz CT molecular complexity index is 718. The van der Waals surface area contributed by atoms with Crippen LogP contribution in [-0.2, 0) is 33.4 Å². The molecule has 0 radical (unpaired) electrons. The highest BCUT2D eigenvalue weighted by atomic mass is 16.5. The zero-order chi connectivity index (χ0) is 29.3. The fraction of sp³-hybridized carbons (Fsp3) is 0.821. The summed E-state index contributed by atoms with van der Waals surface area (Å²) in [5.74, 6) is -2.46. The standard InChI is InChI=1S/C28H52N4O7/c1-4-5-6-7-8-9-10-11-12-13-14-15-24(33)31-23(17-19-26(35)39-3)28(37)32-22(16-18-25(34)38-2)27(36)30-21-20-29/h22-23H,4-21,29H2,1-3H3,(H,30,36)(H,31,33)(H,32,37). The van der Waals surface area contributed by atoms with E-state index in [0.717, 1.165) is 19.3 Å². The van der Waals surface area contributed by atoms with Gasteiger partial charge in [0.05, 0.1) is 14.2 Å². The summed E-state index contributed by atoms with van der Waals surface area (Å²) >= 11 is 0. The van der Waals surface area contributed by atoms with Crippen LogP contribution in [0.25, 0.3) is 0 Å². The lowest BCUT2D eigenvalue weighted by molar-refractivity contribution is -0.142. The Hall–Kier alpha value is -2.69. The zero-order valence-electron chi connectivity index (χ0n) is 24.3. The molecule has 2 unspecified atom stereocenters. The monoisotopic (exact) mass is 556 g/mol. The molecule has 0 aromatic carbocycles. The molecule has 0 rings (SSSR count). The maximum atomic E-state index is 13.0. The van der Waals surface area contributed by atoms with Crippen LogP contribution < -0.4 is 21.7 Å². The second kappa shape index (κ2) is 24.4. The van der Waals surface area contributed by atoms with Gasteiger partial charge in [-0.05, 0) is 19.3 Å². The Morgan fingerprint density at radius 3 is 1.56 bits per heavy atom.